The van der Waals surface area contributed by atoms with E-state index in [4.69, 9.17) is 21.4 Å². The summed E-state index contributed by atoms with van der Waals surface area (Å²) in [6, 6.07) is 7.86. The highest BCUT2D eigenvalue weighted by Gasteiger charge is 2.32. The van der Waals surface area contributed by atoms with Gasteiger partial charge >= 0.3 is 5.97 Å². The lowest BCUT2D eigenvalue weighted by Gasteiger charge is -2.36. The van der Waals surface area contributed by atoms with Crippen molar-refractivity contribution < 1.29 is 14.6 Å². The van der Waals surface area contributed by atoms with Crippen LogP contribution in [0.5, 0.6) is 0 Å². The number of carbonyl (C=O) groups is 1. The molecule has 1 aromatic carbocycles. The first-order valence-electron chi connectivity index (χ1n) is 5.72. The van der Waals surface area contributed by atoms with Gasteiger partial charge in [-0.1, -0.05) is 23.7 Å². The van der Waals surface area contributed by atoms with Gasteiger partial charge in [0.1, 0.15) is 6.61 Å². The van der Waals surface area contributed by atoms with Crippen molar-refractivity contribution in [3.05, 3.63) is 34.9 Å². The van der Waals surface area contributed by atoms with Crippen LogP contribution in [0.4, 0.5) is 0 Å². The molecule has 92 valence electrons. The maximum Gasteiger partial charge on any atom is 0.329 e. The number of halogens is 1. The summed E-state index contributed by atoms with van der Waals surface area (Å²) in [6.45, 7) is 0.323. The quantitative estimate of drug-likeness (QED) is 0.879. The summed E-state index contributed by atoms with van der Waals surface area (Å²) in [5.74, 6) is 0.0175. The van der Waals surface area contributed by atoms with Gasteiger partial charge in [0.25, 0.3) is 0 Å². The molecule has 4 heteroatoms. The van der Waals surface area contributed by atoms with Crippen molar-refractivity contribution in [2.24, 2.45) is 5.92 Å². The number of ether oxygens (including phenoxy) is 1. The van der Waals surface area contributed by atoms with Crippen LogP contribution in [-0.2, 0) is 9.53 Å². The average Bonchev–Trinajstić information content (AvgIpc) is 2.25. The minimum Gasteiger partial charge on any atom is -0.480 e. The molecule has 0 bridgehead atoms. The Morgan fingerprint density at radius 3 is 2.59 bits per heavy atom. The van der Waals surface area contributed by atoms with Gasteiger partial charge in [-0.05, 0) is 42.4 Å². The van der Waals surface area contributed by atoms with Gasteiger partial charge in [0.15, 0.2) is 0 Å². The van der Waals surface area contributed by atoms with Gasteiger partial charge in [-0.2, -0.15) is 0 Å². The summed E-state index contributed by atoms with van der Waals surface area (Å²) in [7, 11) is 0. The fraction of sp³-hybridized carbons (Fsp3) is 0.462. The van der Waals surface area contributed by atoms with Crippen LogP contribution >= 0.6 is 11.6 Å². The van der Waals surface area contributed by atoms with Crippen LogP contribution in [0, 0.1) is 5.92 Å². The second-order valence-corrected chi connectivity index (χ2v) is 4.84. The highest BCUT2D eigenvalue weighted by Crippen LogP contribution is 2.42. The van der Waals surface area contributed by atoms with E-state index in [1.165, 1.54) is 5.56 Å². The molecule has 2 rings (SSSR count). The lowest BCUT2D eigenvalue weighted by Crippen LogP contribution is -2.29. The van der Waals surface area contributed by atoms with Crippen LogP contribution in [0.1, 0.15) is 24.3 Å². The van der Waals surface area contributed by atoms with E-state index < -0.39 is 5.97 Å². The van der Waals surface area contributed by atoms with Gasteiger partial charge in [-0.15, -0.1) is 0 Å². The molecular formula is C13H15ClO3. The molecule has 1 N–H and O–H groups in total. The van der Waals surface area contributed by atoms with Crippen molar-refractivity contribution in [2.75, 3.05) is 13.2 Å². The predicted octanol–water partition coefficient (Wildman–Crippen LogP) is 2.93. The van der Waals surface area contributed by atoms with Crippen molar-refractivity contribution in [1.29, 1.82) is 0 Å². The summed E-state index contributed by atoms with van der Waals surface area (Å²) in [6.07, 6.45) is 2.25. The summed E-state index contributed by atoms with van der Waals surface area (Å²) >= 11 is 5.84. The number of rotatable bonds is 5. The van der Waals surface area contributed by atoms with E-state index in [-0.39, 0.29) is 6.61 Å². The molecule has 2 unspecified atom stereocenters. The van der Waals surface area contributed by atoms with Gasteiger partial charge < -0.3 is 9.84 Å². The zero-order valence-corrected chi connectivity index (χ0v) is 10.2. The third-order valence-corrected chi connectivity index (χ3v) is 3.53. The summed E-state index contributed by atoms with van der Waals surface area (Å²) in [5.41, 5.74) is 1.27. The molecule has 17 heavy (non-hydrogen) atoms. The maximum atomic E-state index is 10.3. The van der Waals surface area contributed by atoms with Crippen LogP contribution < -0.4 is 0 Å². The van der Waals surface area contributed by atoms with Crippen molar-refractivity contribution in [2.45, 2.75) is 18.8 Å². The second kappa shape index (κ2) is 5.52. The number of carboxylic acid groups (broad SMARTS) is 1. The smallest absolute Gasteiger partial charge is 0.329 e. The first-order chi connectivity index (χ1) is 8.16. The van der Waals surface area contributed by atoms with Gasteiger partial charge in [-0.25, -0.2) is 4.79 Å². The Morgan fingerprint density at radius 2 is 2.06 bits per heavy atom. The Balaban J connectivity index is 1.86. The molecular weight excluding hydrogens is 240 g/mol. The molecule has 0 aliphatic heterocycles. The van der Waals surface area contributed by atoms with Crippen LogP contribution in [0.2, 0.25) is 5.02 Å². The van der Waals surface area contributed by atoms with E-state index in [1.807, 2.05) is 24.3 Å². The fourth-order valence-corrected chi connectivity index (χ4v) is 2.34. The fourth-order valence-electron chi connectivity index (χ4n) is 2.21. The Morgan fingerprint density at radius 1 is 1.35 bits per heavy atom. The van der Waals surface area contributed by atoms with Crippen LogP contribution in [0.25, 0.3) is 0 Å². The minimum absolute atomic E-state index is 0.205. The zero-order valence-electron chi connectivity index (χ0n) is 9.43. The van der Waals surface area contributed by atoms with Crippen LogP contribution in [-0.4, -0.2) is 24.3 Å². The molecule has 0 saturated heterocycles. The van der Waals surface area contributed by atoms with E-state index in [0.29, 0.717) is 18.4 Å². The summed E-state index contributed by atoms with van der Waals surface area (Å²) in [4.78, 5) is 10.3. The van der Waals surface area contributed by atoms with Crippen molar-refractivity contribution in [3.63, 3.8) is 0 Å². The summed E-state index contributed by atoms with van der Waals surface area (Å²) in [5, 5.41) is 9.23. The number of hydrogen-bond acceptors (Lipinski definition) is 2. The highest BCUT2D eigenvalue weighted by molar-refractivity contribution is 6.30. The number of benzene rings is 1. The molecule has 2 atom stereocenters. The monoisotopic (exact) mass is 254 g/mol. The van der Waals surface area contributed by atoms with E-state index >= 15 is 0 Å². The Hall–Kier alpha value is -1.06. The molecule has 1 aliphatic rings. The number of aliphatic carboxylic acids is 1. The Labute approximate surface area is 105 Å². The zero-order chi connectivity index (χ0) is 12.3. The molecule has 0 radical (unpaired) electrons. The molecule has 1 fully saturated rings. The van der Waals surface area contributed by atoms with Crippen LogP contribution in [0.3, 0.4) is 0 Å². The molecule has 0 spiro atoms. The Kier molecular flexibility index (Phi) is 4.02. The molecule has 0 aromatic heterocycles. The summed E-state index contributed by atoms with van der Waals surface area (Å²) < 4.78 is 5.15. The first-order valence-corrected chi connectivity index (χ1v) is 6.09. The molecule has 3 nitrogen and oxygen atoms in total. The molecule has 1 aliphatic carbocycles. The average molecular weight is 255 g/mol. The van der Waals surface area contributed by atoms with Gasteiger partial charge in [0.2, 0.25) is 0 Å². The van der Waals surface area contributed by atoms with Crippen molar-refractivity contribution in [3.8, 4) is 0 Å². The van der Waals surface area contributed by atoms with E-state index in [0.717, 1.165) is 17.9 Å². The molecule has 1 saturated carbocycles. The molecule has 0 heterocycles. The van der Waals surface area contributed by atoms with E-state index in [9.17, 15) is 4.79 Å². The first kappa shape index (κ1) is 12.4. The topological polar surface area (TPSA) is 46.5 Å². The SMILES string of the molecule is O=C(O)COCC1CCC1c1ccc(Cl)cc1. The number of carboxylic acids is 1. The largest absolute Gasteiger partial charge is 0.480 e. The maximum absolute atomic E-state index is 10.3. The van der Waals surface area contributed by atoms with Crippen LogP contribution in [0.15, 0.2) is 24.3 Å². The predicted molar refractivity (Wildman–Crippen MR) is 65.4 cm³/mol. The third kappa shape index (κ3) is 3.20. The second-order valence-electron chi connectivity index (χ2n) is 4.40. The van der Waals surface area contributed by atoms with Crippen molar-refractivity contribution in [1.82, 2.24) is 0 Å². The van der Waals surface area contributed by atoms with E-state index in [2.05, 4.69) is 0 Å². The number of hydrogen-bond donors (Lipinski definition) is 1. The normalized spacial score (nSPS) is 23.1. The van der Waals surface area contributed by atoms with Gasteiger partial charge in [0, 0.05) is 5.02 Å². The van der Waals surface area contributed by atoms with Gasteiger partial charge in [-0.3, -0.25) is 0 Å². The van der Waals surface area contributed by atoms with E-state index in [1.54, 1.807) is 0 Å². The van der Waals surface area contributed by atoms with Crippen molar-refractivity contribution >= 4 is 17.6 Å². The lowest BCUT2D eigenvalue weighted by atomic mass is 9.70. The lowest BCUT2D eigenvalue weighted by molar-refractivity contribution is -0.143. The highest BCUT2D eigenvalue weighted by atomic mass is 35.5. The third-order valence-electron chi connectivity index (χ3n) is 3.27. The van der Waals surface area contributed by atoms with Gasteiger partial charge in [0.05, 0.1) is 6.61 Å². The standard InChI is InChI=1S/C13H15ClO3/c14-11-4-1-9(2-5-11)12-6-3-10(12)7-17-8-13(15)16/h1-2,4-5,10,12H,3,6-8H2,(H,15,16). The minimum atomic E-state index is -0.910. The Bertz CT molecular complexity index is 388. The molecule has 0 amide bonds. The molecule has 1 aromatic rings.